The lowest BCUT2D eigenvalue weighted by Crippen LogP contribution is -2.38. The largest absolute Gasteiger partial charge is 0.313 e. The van der Waals surface area contributed by atoms with E-state index in [0.717, 1.165) is 37.8 Å². The molecular formula is C16H25ClFN. The van der Waals surface area contributed by atoms with Gasteiger partial charge in [-0.3, -0.25) is 0 Å². The summed E-state index contributed by atoms with van der Waals surface area (Å²) in [4.78, 5) is 0. The third-order valence-electron chi connectivity index (χ3n) is 3.71. The first-order chi connectivity index (χ1) is 9.12. The molecule has 0 radical (unpaired) electrons. The van der Waals surface area contributed by atoms with Crippen LogP contribution in [0.15, 0.2) is 18.2 Å². The van der Waals surface area contributed by atoms with Crippen molar-refractivity contribution < 1.29 is 4.39 Å². The Morgan fingerprint density at radius 1 is 1.21 bits per heavy atom. The molecule has 0 saturated carbocycles. The lowest BCUT2D eigenvalue weighted by atomic mass is 9.89. The normalized spacial score (nSPS) is 12.9. The summed E-state index contributed by atoms with van der Waals surface area (Å²) in [5, 5.41) is 3.80. The summed E-state index contributed by atoms with van der Waals surface area (Å²) in [6.45, 7) is 7.62. The van der Waals surface area contributed by atoms with Gasteiger partial charge in [0.15, 0.2) is 0 Å². The molecule has 0 aliphatic carbocycles. The minimum absolute atomic E-state index is 0.198. The van der Waals surface area contributed by atoms with E-state index in [1.807, 2.05) is 6.07 Å². The second-order valence-electron chi connectivity index (χ2n) is 5.09. The van der Waals surface area contributed by atoms with E-state index in [9.17, 15) is 4.39 Å². The fourth-order valence-electron chi connectivity index (χ4n) is 2.51. The Morgan fingerprint density at radius 3 is 2.42 bits per heavy atom. The molecule has 0 saturated heterocycles. The number of rotatable bonds is 8. The Labute approximate surface area is 121 Å². The summed E-state index contributed by atoms with van der Waals surface area (Å²) in [6.07, 6.45) is 4.27. The average molecular weight is 286 g/mol. The predicted octanol–water partition coefficient (Wildman–Crippen LogP) is 4.83. The minimum Gasteiger partial charge on any atom is -0.313 e. The van der Waals surface area contributed by atoms with Gasteiger partial charge in [-0.05, 0) is 43.0 Å². The molecule has 1 unspecified atom stereocenters. The number of halogens is 2. The van der Waals surface area contributed by atoms with Gasteiger partial charge in [0.1, 0.15) is 5.82 Å². The van der Waals surface area contributed by atoms with E-state index >= 15 is 0 Å². The van der Waals surface area contributed by atoms with Crippen molar-refractivity contribution in [1.82, 2.24) is 5.32 Å². The molecule has 1 aromatic carbocycles. The first kappa shape index (κ1) is 16.5. The standard InChI is InChI=1S/C16H25ClFN/c1-4-9-19-16(13(5-2)6-3)11-12-7-8-14(17)15(18)10-12/h7-8,10,13,16,19H,4-6,9,11H2,1-3H3. The smallest absolute Gasteiger partial charge is 0.142 e. The highest BCUT2D eigenvalue weighted by Crippen LogP contribution is 2.21. The van der Waals surface area contributed by atoms with Crippen molar-refractivity contribution in [2.75, 3.05) is 6.54 Å². The zero-order valence-corrected chi connectivity index (χ0v) is 12.9. The van der Waals surface area contributed by atoms with Crippen LogP contribution in [0.25, 0.3) is 0 Å². The Bertz CT molecular complexity index is 377. The highest BCUT2D eigenvalue weighted by molar-refractivity contribution is 6.30. The summed E-state index contributed by atoms with van der Waals surface area (Å²) < 4.78 is 13.5. The van der Waals surface area contributed by atoms with Crippen LogP contribution in [0.1, 0.15) is 45.6 Å². The quantitative estimate of drug-likeness (QED) is 0.722. The van der Waals surface area contributed by atoms with Gasteiger partial charge < -0.3 is 5.32 Å². The maximum atomic E-state index is 13.5. The van der Waals surface area contributed by atoms with E-state index in [1.54, 1.807) is 12.1 Å². The highest BCUT2D eigenvalue weighted by atomic mass is 35.5. The summed E-state index contributed by atoms with van der Waals surface area (Å²) in [5.74, 6) is 0.309. The van der Waals surface area contributed by atoms with Crippen LogP contribution < -0.4 is 5.32 Å². The molecule has 0 aliphatic rings. The molecule has 1 N–H and O–H groups in total. The van der Waals surface area contributed by atoms with Crippen molar-refractivity contribution in [3.63, 3.8) is 0 Å². The van der Waals surface area contributed by atoms with Crippen LogP contribution in [-0.4, -0.2) is 12.6 Å². The SMILES string of the molecule is CCCNC(Cc1ccc(Cl)c(F)c1)C(CC)CC. The molecule has 1 aromatic rings. The van der Waals surface area contributed by atoms with Gasteiger partial charge in [-0.15, -0.1) is 0 Å². The van der Waals surface area contributed by atoms with Crippen LogP contribution >= 0.6 is 11.6 Å². The molecule has 0 aromatic heterocycles. The maximum absolute atomic E-state index is 13.5. The monoisotopic (exact) mass is 285 g/mol. The van der Waals surface area contributed by atoms with Gasteiger partial charge in [0.2, 0.25) is 0 Å². The van der Waals surface area contributed by atoms with Gasteiger partial charge in [-0.25, -0.2) is 4.39 Å². The van der Waals surface area contributed by atoms with Gasteiger partial charge in [0.05, 0.1) is 5.02 Å². The van der Waals surface area contributed by atoms with Gasteiger partial charge in [-0.1, -0.05) is 51.3 Å². The summed E-state index contributed by atoms with van der Waals surface area (Å²) in [5.41, 5.74) is 1.02. The Morgan fingerprint density at radius 2 is 1.89 bits per heavy atom. The molecule has 0 bridgehead atoms. The van der Waals surface area contributed by atoms with Crippen molar-refractivity contribution in [3.05, 3.63) is 34.6 Å². The fourth-order valence-corrected chi connectivity index (χ4v) is 2.63. The van der Waals surface area contributed by atoms with E-state index in [2.05, 4.69) is 26.1 Å². The van der Waals surface area contributed by atoms with Crippen LogP contribution in [0, 0.1) is 11.7 Å². The molecule has 1 atom stereocenters. The van der Waals surface area contributed by atoms with Crippen molar-refractivity contribution in [1.29, 1.82) is 0 Å². The third kappa shape index (κ3) is 5.12. The van der Waals surface area contributed by atoms with Gasteiger partial charge in [0.25, 0.3) is 0 Å². The number of benzene rings is 1. The zero-order chi connectivity index (χ0) is 14.3. The van der Waals surface area contributed by atoms with Gasteiger partial charge in [0, 0.05) is 6.04 Å². The number of hydrogen-bond acceptors (Lipinski definition) is 1. The van der Waals surface area contributed by atoms with Crippen LogP contribution in [0.5, 0.6) is 0 Å². The van der Waals surface area contributed by atoms with Crippen molar-refractivity contribution in [2.45, 2.75) is 52.5 Å². The van der Waals surface area contributed by atoms with E-state index in [4.69, 9.17) is 11.6 Å². The summed E-state index contributed by atoms with van der Waals surface area (Å²) >= 11 is 5.73. The predicted molar refractivity (Wildman–Crippen MR) is 81.3 cm³/mol. The van der Waals surface area contributed by atoms with Crippen molar-refractivity contribution in [2.24, 2.45) is 5.92 Å². The molecular weight excluding hydrogens is 261 g/mol. The fraction of sp³-hybridized carbons (Fsp3) is 0.625. The molecule has 0 amide bonds. The Kier molecular flexibility index (Phi) is 7.40. The molecule has 0 spiro atoms. The highest BCUT2D eigenvalue weighted by Gasteiger charge is 2.18. The third-order valence-corrected chi connectivity index (χ3v) is 4.02. The van der Waals surface area contributed by atoms with Crippen LogP contribution in [-0.2, 0) is 6.42 Å². The Hall–Kier alpha value is -0.600. The first-order valence-electron chi connectivity index (χ1n) is 7.29. The second kappa shape index (κ2) is 8.55. The Balaban J connectivity index is 2.77. The first-order valence-corrected chi connectivity index (χ1v) is 7.67. The van der Waals surface area contributed by atoms with Crippen molar-refractivity contribution in [3.8, 4) is 0 Å². The van der Waals surface area contributed by atoms with Crippen LogP contribution in [0.2, 0.25) is 5.02 Å². The molecule has 1 nitrogen and oxygen atoms in total. The van der Waals surface area contributed by atoms with Crippen molar-refractivity contribution >= 4 is 11.6 Å². The zero-order valence-electron chi connectivity index (χ0n) is 12.2. The van der Waals surface area contributed by atoms with E-state index in [0.29, 0.717) is 12.0 Å². The number of nitrogens with one attached hydrogen (secondary N) is 1. The molecule has 1 rings (SSSR count). The topological polar surface area (TPSA) is 12.0 Å². The summed E-state index contributed by atoms with van der Waals surface area (Å²) in [7, 11) is 0. The van der Waals surface area contributed by atoms with E-state index in [1.165, 1.54) is 0 Å². The molecule has 0 aliphatic heterocycles. The second-order valence-corrected chi connectivity index (χ2v) is 5.50. The lowest BCUT2D eigenvalue weighted by Gasteiger charge is -2.26. The van der Waals surface area contributed by atoms with E-state index < -0.39 is 0 Å². The maximum Gasteiger partial charge on any atom is 0.142 e. The lowest BCUT2D eigenvalue weighted by molar-refractivity contribution is 0.332. The number of hydrogen-bond donors (Lipinski definition) is 1. The van der Waals surface area contributed by atoms with Crippen LogP contribution in [0.3, 0.4) is 0 Å². The molecule has 19 heavy (non-hydrogen) atoms. The van der Waals surface area contributed by atoms with Crippen LogP contribution in [0.4, 0.5) is 4.39 Å². The average Bonchev–Trinajstić information content (AvgIpc) is 2.41. The molecule has 108 valence electrons. The minimum atomic E-state index is -0.321. The van der Waals surface area contributed by atoms with Gasteiger partial charge >= 0.3 is 0 Å². The molecule has 0 heterocycles. The molecule has 0 fully saturated rings. The van der Waals surface area contributed by atoms with Gasteiger partial charge in [-0.2, -0.15) is 0 Å². The summed E-state index contributed by atoms with van der Waals surface area (Å²) in [6, 6.07) is 5.55. The molecule has 3 heteroatoms. The van der Waals surface area contributed by atoms with E-state index in [-0.39, 0.29) is 10.8 Å².